The molecule has 3 atom stereocenters. The molecule has 3 unspecified atom stereocenters. The second-order valence-electron chi connectivity index (χ2n) is 6.37. The molecule has 0 aromatic heterocycles. The lowest BCUT2D eigenvalue weighted by atomic mass is 9.85. The number of rotatable bonds is 8. The van der Waals surface area contributed by atoms with Gasteiger partial charge in [0.05, 0.1) is 12.2 Å². The van der Waals surface area contributed by atoms with Crippen LogP contribution in [0.3, 0.4) is 0 Å². The summed E-state index contributed by atoms with van der Waals surface area (Å²) < 4.78 is 11.2. The number of ether oxygens (including phenoxy) is 2. The maximum absolute atomic E-state index is 5.65. The lowest BCUT2D eigenvalue weighted by molar-refractivity contribution is -0.131. The summed E-state index contributed by atoms with van der Waals surface area (Å²) in [5.74, 6) is 0.928. The van der Waals surface area contributed by atoms with E-state index in [1.165, 1.54) is 38.9 Å². The van der Waals surface area contributed by atoms with E-state index in [1.54, 1.807) is 7.11 Å². The summed E-state index contributed by atoms with van der Waals surface area (Å²) in [4.78, 5) is 2.61. The van der Waals surface area contributed by atoms with Crippen LogP contribution in [0.1, 0.15) is 39.5 Å². The van der Waals surface area contributed by atoms with Crippen molar-refractivity contribution in [2.24, 2.45) is 5.92 Å². The molecule has 2 aliphatic rings. The summed E-state index contributed by atoms with van der Waals surface area (Å²) in [5.41, 5.74) is 0. The summed E-state index contributed by atoms with van der Waals surface area (Å²) in [6.45, 7) is 10.1. The van der Waals surface area contributed by atoms with Crippen LogP contribution < -0.4 is 5.32 Å². The van der Waals surface area contributed by atoms with Crippen LogP contribution in [-0.4, -0.2) is 63.0 Å². The van der Waals surface area contributed by atoms with Crippen molar-refractivity contribution < 1.29 is 9.47 Å². The highest BCUT2D eigenvalue weighted by atomic mass is 16.5. The van der Waals surface area contributed by atoms with Crippen molar-refractivity contribution in [3.05, 3.63) is 0 Å². The van der Waals surface area contributed by atoms with Crippen LogP contribution in [0.15, 0.2) is 0 Å². The molecule has 0 aromatic carbocycles. The van der Waals surface area contributed by atoms with Crippen molar-refractivity contribution in [2.45, 2.75) is 57.8 Å². The smallest absolute Gasteiger partial charge is 0.0986 e. The van der Waals surface area contributed by atoms with Crippen molar-refractivity contribution in [2.75, 3.05) is 39.9 Å². The molecule has 1 N–H and O–H groups in total. The van der Waals surface area contributed by atoms with Crippen molar-refractivity contribution in [3.8, 4) is 0 Å². The monoisotopic (exact) mass is 284 g/mol. The van der Waals surface area contributed by atoms with Gasteiger partial charge in [0.2, 0.25) is 0 Å². The van der Waals surface area contributed by atoms with Crippen LogP contribution in [0, 0.1) is 5.92 Å². The summed E-state index contributed by atoms with van der Waals surface area (Å²) in [5, 5.41) is 3.63. The lowest BCUT2D eigenvalue weighted by Crippen LogP contribution is -2.60. The van der Waals surface area contributed by atoms with Crippen LogP contribution in [0.25, 0.3) is 0 Å². The van der Waals surface area contributed by atoms with E-state index in [-0.39, 0.29) is 6.10 Å². The topological polar surface area (TPSA) is 33.7 Å². The first-order valence-corrected chi connectivity index (χ1v) is 8.34. The van der Waals surface area contributed by atoms with Crippen LogP contribution in [0.5, 0.6) is 0 Å². The number of methoxy groups -OCH3 is 1. The molecule has 20 heavy (non-hydrogen) atoms. The van der Waals surface area contributed by atoms with E-state index in [2.05, 4.69) is 17.1 Å². The fourth-order valence-electron chi connectivity index (χ4n) is 3.35. The van der Waals surface area contributed by atoms with E-state index in [9.17, 15) is 0 Å². The average Bonchev–Trinajstić information content (AvgIpc) is 2.43. The van der Waals surface area contributed by atoms with Gasteiger partial charge in [-0.05, 0) is 64.7 Å². The van der Waals surface area contributed by atoms with E-state index in [1.807, 2.05) is 6.92 Å². The number of hydrogen-bond acceptors (Lipinski definition) is 4. The molecular formula is C16H32N2O2. The molecule has 1 saturated carbocycles. The maximum atomic E-state index is 5.65. The van der Waals surface area contributed by atoms with Crippen molar-refractivity contribution in [1.29, 1.82) is 0 Å². The van der Waals surface area contributed by atoms with Gasteiger partial charge in [0, 0.05) is 19.8 Å². The molecule has 0 spiro atoms. The minimum Gasteiger partial charge on any atom is -0.377 e. The number of likely N-dealkylation sites (tertiary alicyclic amines) is 1. The zero-order valence-corrected chi connectivity index (χ0v) is 13.4. The molecule has 1 aliphatic carbocycles. The summed E-state index contributed by atoms with van der Waals surface area (Å²) in [6, 6.07) is 0.484. The van der Waals surface area contributed by atoms with E-state index < -0.39 is 0 Å². The SMILES string of the molecule is CCOC1CC(NCCCN2CCC(C)CC2)C1OC. The Hall–Kier alpha value is -0.160. The van der Waals surface area contributed by atoms with Gasteiger partial charge in [-0.25, -0.2) is 0 Å². The third kappa shape index (κ3) is 4.42. The highest BCUT2D eigenvalue weighted by molar-refractivity contribution is 4.97. The summed E-state index contributed by atoms with van der Waals surface area (Å²) in [6.07, 6.45) is 5.61. The fourth-order valence-corrected chi connectivity index (χ4v) is 3.35. The highest BCUT2D eigenvalue weighted by Gasteiger charge is 2.41. The first-order valence-electron chi connectivity index (χ1n) is 8.34. The van der Waals surface area contributed by atoms with Gasteiger partial charge in [-0.1, -0.05) is 6.92 Å². The van der Waals surface area contributed by atoms with E-state index >= 15 is 0 Å². The van der Waals surface area contributed by atoms with Gasteiger partial charge in [-0.3, -0.25) is 0 Å². The molecular weight excluding hydrogens is 252 g/mol. The van der Waals surface area contributed by atoms with Gasteiger partial charge in [-0.15, -0.1) is 0 Å². The summed E-state index contributed by atoms with van der Waals surface area (Å²) >= 11 is 0. The molecule has 1 heterocycles. The third-order valence-corrected chi connectivity index (χ3v) is 4.84. The van der Waals surface area contributed by atoms with Crippen LogP contribution in [-0.2, 0) is 9.47 Å². The zero-order chi connectivity index (χ0) is 14.4. The van der Waals surface area contributed by atoms with Crippen molar-refractivity contribution in [1.82, 2.24) is 10.2 Å². The first kappa shape index (κ1) is 16.2. The quantitative estimate of drug-likeness (QED) is 0.690. The van der Waals surface area contributed by atoms with E-state index in [0.717, 1.165) is 25.5 Å². The number of nitrogens with one attached hydrogen (secondary N) is 1. The van der Waals surface area contributed by atoms with Crippen LogP contribution in [0.2, 0.25) is 0 Å². The average molecular weight is 284 g/mol. The minimum atomic E-state index is 0.241. The van der Waals surface area contributed by atoms with E-state index in [4.69, 9.17) is 9.47 Å². The minimum absolute atomic E-state index is 0.241. The highest BCUT2D eigenvalue weighted by Crippen LogP contribution is 2.26. The normalized spacial score (nSPS) is 32.2. The Morgan fingerprint density at radius 1 is 1.25 bits per heavy atom. The zero-order valence-electron chi connectivity index (χ0n) is 13.4. The van der Waals surface area contributed by atoms with Gasteiger partial charge in [0.15, 0.2) is 0 Å². The Labute approximate surface area is 124 Å². The molecule has 0 amide bonds. The Bertz CT molecular complexity index is 267. The standard InChI is InChI=1S/C16H32N2O2/c1-4-20-15-12-14(16(15)19-3)17-8-5-9-18-10-6-13(2)7-11-18/h13-17H,4-12H2,1-3H3. The molecule has 118 valence electrons. The Morgan fingerprint density at radius 2 is 2.00 bits per heavy atom. The Kier molecular flexibility index (Phi) is 6.75. The molecule has 4 heteroatoms. The Balaban J connectivity index is 1.53. The second kappa shape index (κ2) is 8.32. The van der Waals surface area contributed by atoms with Gasteiger partial charge < -0.3 is 19.7 Å². The van der Waals surface area contributed by atoms with Gasteiger partial charge in [-0.2, -0.15) is 0 Å². The van der Waals surface area contributed by atoms with Crippen molar-refractivity contribution >= 4 is 0 Å². The first-order chi connectivity index (χ1) is 9.74. The van der Waals surface area contributed by atoms with Crippen molar-refractivity contribution in [3.63, 3.8) is 0 Å². The molecule has 0 bridgehead atoms. The maximum Gasteiger partial charge on any atom is 0.0986 e. The third-order valence-electron chi connectivity index (χ3n) is 4.84. The van der Waals surface area contributed by atoms with Gasteiger partial charge in [0.25, 0.3) is 0 Å². The predicted molar refractivity (Wildman–Crippen MR) is 82.1 cm³/mol. The van der Waals surface area contributed by atoms with Crippen LogP contribution in [0.4, 0.5) is 0 Å². The van der Waals surface area contributed by atoms with Crippen LogP contribution >= 0.6 is 0 Å². The molecule has 1 saturated heterocycles. The number of piperidine rings is 1. The molecule has 1 aliphatic heterocycles. The molecule has 0 aromatic rings. The van der Waals surface area contributed by atoms with E-state index in [0.29, 0.717) is 12.1 Å². The molecule has 4 nitrogen and oxygen atoms in total. The molecule has 0 radical (unpaired) electrons. The second-order valence-corrected chi connectivity index (χ2v) is 6.37. The number of nitrogens with zero attached hydrogens (tertiary/aromatic N) is 1. The Morgan fingerprint density at radius 3 is 2.65 bits per heavy atom. The number of hydrogen-bond donors (Lipinski definition) is 1. The molecule has 2 fully saturated rings. The van der Waals surface area contributed by atoms with Gasteiger partial charge >= 0.3 is 0 Å². The predicted octanol–water partition coefficient (Wildman–Crippen LogP) is 1.89. The van der Waals surface area contributed by atoms with Gasteiger partial charge in [0.1, 0.15) is 0 Å². The molecule has 2 rings (SSSR count). The largest absolute Gasteiger partial charge is 0.377 e. The summed E-state index contributed by atoms with van der Waals surface area (Å²) in [7, 11) is 1.79. The fraction of sp³-hybridized carbons (Fsp3) is 1.00. The lowest BCUT2D eigenvalue weighted by Gasteiger charge is -2.43.